The number of benzene rings is 1. The predicted molar refractivity (Wildman–Crippen MR) is 58.6 cm³/mol. The zero-order valence-corrected chi connectivity index (χ0v) is 8.59. The molecule has 1 aromatic rings. The standard InChI is InChI=1S/C11H7FN4O/c12-7-3-1-2-4-9(7)16-11-8(14-15-16)5-6-10(17)13-11/h1-6,15H. The molecule has 2 aliphatic rings. The lowest BCUT2D eigenvalue weighted by molar-refractivity contribution is 0.607. The number of hydrogen-bond acceptors (Lipinski definition) is 3. The third-order valence-electron chi connectivity index (χ3n) is 2.40. The van der Waals surface area contributed by atoms with Crippen LogP contribution in [0, 0.1) is 5.82 Å². The molecule has 17 heavy (non-hydrogen) atoms. The third kappa shape index (κ3) is 1.50. The second-order valence-electron chi connectivity index (χ2n) is 3.49. The first-order valence-corrected chi connectivity index (χ1v) is 4.95. The first kappa shape index (κ1) is 9.71. The summed E-state index contributed by atoms with van der Waals surface area (Å²) in [4.78, 5) is 15.0. The Labute approximate surface area is 94.9 Å². The van der Waals surface area contributed by atoms with Crippen molar-refractivity contribution in [1.29, 1.82) is 0 Å². The van der Waals surface area contributed by atoms with E-state index < -0.39 is 5.82 Å². The Morgan fingerprint density at radius 2 is 2.00 bits per heavy atom. The van der Waals surface area contributed by atoms with Gasteiger partial charge in [-0.25, -0.2) is 14.3 Å². The minimum Gasteiger partial charge on any atom is -0.267 e. The van der Waals surface area contributed by atoms with Crippen LogP contribution in [0.5, 0.6) is 0 Å². The number of H-pyrrole nitrogens is 1. The van der Waals surface area contributed by atoms with Gasteiger partial charge in [-0.15, -0.1) is 0 Å². The van der Waals surface area contributed by atoms with E-state index in [0.29, 0.717) is 11.5 Å². The number of fused-ring (bicyclic) bond motifs is 1. The first-order chi connectivity index (χ1) is 8.25. The first-order valence-electron chi connectivity index (χ1n) is 4.95. The third-order valence-corrected chi connectivity index (χ3v) is 2.40. The number of hydrogen-bond donors (Lipinski definition) is 1. The fraction of sp³-hybridized carbons (Fsp3) is 0. The zero-order chi connectivity index (χ0) is 11.8. The van der Waals surface area contributed by atoms with Gasteiger partial charge in [0.2, 0.25) is 0 Å². The highest BCUT2D eigenvalue weighted by atomic mass is 19.1. The van der Waals surface area contributed by atoms with Crippen molar-refractivity contribution in [2.24, 2.45) is 0 Å². The van der Waals surface area contributed by atoms with Crippen LogP contribution in [0.2, 0.25) is 0 Å². The molecule has 0 aromatic heterocycles. The quantitative estimate of drug-likeness (QED) is 0.683. The van der Waals surface area contributed by atoms with Crippen LogP contribution in [-0.2, 0) is 0 Å². The summed E-state index contributed by atoms with van der Waals surface area (Å²) in [5.74, 6) is -0.108. The maximum absolute atomic E-state index is 13.6. The Morgan fingerprint density at radius 3 is 2.82 bits per heavy atom. The van der Waals surface area contributed by atoms with Crippen LogP contribution >= 0.6 is 0 Å². The van der Waals surface area contributed by atoms with E-state index in [1.165, 1.54) is 16.8 Å². The van der Waals surface area contributed by atoms with Gasteiger partial charge < -0.3 is 0 Å². The van der Waals surface area contributed by atoms with Gasteiger partial charge >= 0.3 is 0 Å². The molecule has 5 nitrogen and oxygen atoms in total. The van der Waals surface area contributed by atoms with Gasteiger partial charge in [0.25, 0.3) is 5.56 Å². The molecule has 2 aliphatic heterocycles. The number of rotatable bonds is 1. The van der Waals surface area contributed by atoms with Crippen molar-refractivity contribution in [2.45, 2.75) is 0 Å². The van der Waals surface area contributed by atoms with Crippen molar-refractivity contribution in [2.75, 3.05) is 0 Å². The van der Waals surface area contributed by atoms with Gasteiger partial charge in [0.1, 0.15) is 17.2 Å². The van der Waals surface area contributed by atoms with Gasteiger partial charge in [-0.1, -0.05) is 12.1 Å². The lowest BCUT2D eigenvalue weighted by Gasteiger charge is -2.04. The molecule has 0 radical (unpaired) electrons. The van der Waals surface area contributed by atoms with E-state index >= 15 is 0 Å². The second-order valence-corrected chi connectivity index (χ2v) is 3.49. The second kappa shape index (κ2) is 3.51. The molecule has 6 heteroatoms. The number of aromatic nitrogens is 4. The molecule has 0 fully saturated rings. The number of nitrogens with one attached hydrogen (secondary N) is 1. The maximum atomic E-state index is 13.6. The van der Waals surface area contributed by atoms with Gasteiger partial charge in [0.05, 0.1) is 0 Å². The molecule has 1 aromatic carbocycles. The van der Waals surface area contributed by atoms with E-state index in [-0.39, 0.29) is 11.2 Å². The van der Waals surface area contributed by atoms with E-state index in [4.69, 9.17) is 0 Å². The van der Waals surface area contributed by atoms with E-state index in [9.17, 15) is 9.18 Å². The fourth-order valence-electron chi connectivity index (χ4n) is 1.63. The van der Waals surface area contributed by atoms with Gasteiger partial charge in [-0.3, -0.25) is 4.79 Å². The van der Waals surface area contributed by atoms with Crippen LogP contribution in [0.1, 0.15) is 0 Å². The molecule has 0 unspecified atom stereocenters. The SMILES string of the molecule is O=c1ccc2n[nH]n(-c3ccccc3F)c-2n1. The summed E-state index contributed by atoms with van der Waals surface area (Å²) in [7, 11) is 0. The Kier molecular flexibility index (Phi) is 2.01. The molecule has 1 N–H and O–H groups in total. The average molecular weight is 230 g/mol. The van der Waals surface area contributed by atoms with Crippen molar-refractivity contribution in [3.8, 4) is 17.2 Å². The van der Waals surface area contributed by atoms with E-state index in [2.05, 4.69) is 15.3 Å². The minimum atomic E-state index is -0.416. The summed E-state index contributed by atoms with van der Waals surface area (Å²) in [6.45, 7) is 0. The number of nitrogens with zero attached hydrogens (tertiary/aromatic N) is 3. The topological polar surface area (TPSA) is 63.6 Å². The van der Waals surface area contributed by atoms with Crippen molar-refractivity contribution in [3.05, 3.63) is 52.6 Å². The largest absolute Gasteiger partial charge is 0.271 e. The maximum Gasteiger partial charge on any atom is 0.271 e. The normalized spacial score (nSPS) is 10.9. The summed E-state index contributed by atoms with van der Waals surface area (Å²) < 4.78 is 14.9. The number of halogens is 1. The van der Waals surface area contributed by atoms with E-state index in [1.54, 1.807) is 24.3 Å². The molecule has 0 atom stereocenters. The molecule has 84 valence electrons. The number of pyridine rings is 1. The molecule has 0 amide bonds. The van der Waals surface area contributed by atoms with Crippen molar-refractivity contribution >= 4 is 0 Å². The molecule has 2 heterocycles. The predicted octanol–water partition coefficient (Wildman–Crippen LogP) is 1.20. The molecule has 0 aliphatic carbocycles. The summed E-state index contributed by atoms with van der Waals surface area (Å²) in [5.41, 5.74) is 0.393. The Hall–Kier alpha value is -2.50. The van der Waals surface area contributed by atoms with Crippen LogP contribution in [0.3, 0.4) is 0 Å². The lowest BCUT2D eigenvalue weighted by Crippen LogP contribution is -2.09. The summed E-state index contributed by atoms with van der Waals surface area (Å²) in [6, 6.07) is 9.04. The van der Waals surface area contributed by atoms with E-state index in [1.807, 2.05) is 0 Å². The van der Waals surface area contributed by atoms with Crippen molar-refractivity contribution in [3.63, 3.8) is 0 Å². The molecule has 3 rings (SSSR count). The van der Waals surface area contributed by atoms with Crippen LogP contribution < -0.4 is 5.56 Å². The average Bonchev–Trinajstić information content (AvgIpc) is 2.72. The fourth-order valence-corrected chi connectivity index (χ4v) is 1.63. The van der Waals surface area contributed by atoms with E-state index in [0.717, 1.165) is 0 Å². The van der Waals surface area contributed by atoms with Gasteiger partial charge in [-0.05, 0) is 18.2 Å². The minimum absolute atomic E-state index is 0.271. The van der Waals surface area contributed by atoms with Crippen molar-refractivity contribution in [1.82, 2.24) is 20.0 Å². The molecular formula is C11H7FN4O. The van der Waals surface area contributed by atoms with Crippen LogP contribution in [0.15, 0.2) is 41.2 Å². The Balaban J connectivity index is 2.29. The van der Waals surface area contributed by atoms with Crippen molar-refractivity contribution < 1.29 is 4.39 Å². The summed E-state index contributed by atoms with van der Waals surface area (Å²) in [5, 5.41) is 6.57. The van der Waals surface area contributed by atoms with Gasteiger partial charge in [0.15, 0.2) is 5.82 Å². The van der Waals surface area contributed by atoms with Crippen LogP contribution in [-0.4, -0.2) is 20.0 Å². The summed E-state index contributed by atoms with van der Waals surface area (Å²) in [6.07, 6.45) is 0. The van der Waals surface area contributed by atoms with Gasteiger partial charge in [-0.2, -0.15) is 10.1 Å². The monoisotopic (exact) mass is 230 g/mol. The highest BCUT2D eigenvalue weighted by Crippen LogP contribution is 2.19. The molecule has 0 bridgehead atoms. The highest BCUT2D eigenvalue weighted by molar-refractivity contribution is 5.53. The lowest BCUT2D eigenvalue weighted by atomic mass is 10.3. The smallest absolute Gasteiger partial charge is 0.267 e. The van der Waals surface area contributed by atoms with Crippen LogP contribution in [0.25, 0.3) is 17.2 Å². The molecule has 0 saturated heterocycles. The Morgan fingerprint density at radius 1 is 1.18 bits per heavy atom. The zero-order valence-electron chi connectivity index (χ0n) is 8.59. The molecular weight excluding hydrogens is 223 g/mol. The van der Waals surface area contributed by atoms with Gasteiger partial charge in [0, 0.05) is 6.07 Å². The summed E-state index contributed by atoms with van der Waals surface area (Å²) >= 11 is 0. The molecule has 0 spiro atoms. The Bertz CT molecular complexity index is 703. The molecule has 0 saturated carbocycles. The number of aromatic amines is 1. The van der Waals surface area contributed by atoms with Crippen LogP contribution in [0.4, 0.5) is 4.39 Å². The highest BCUT2D eigenvalue weighted by Gasteiger charge is 2.15. The number of para-hydroxylation sites is 1.